The van der Waals surface area contributed by atoms with Crippen LogP contribution in [-0.4, -0.2) is 17.1 Å². The number of benzene rings is 1. The summed E-state index contributed by atoms with van der Waals surface area (Å²) in [5.74, 6) is 1.52. The fraction of sp³-hybridized carbons (Fsp3) is 0.100. The minimum atomic E-state index is 0.652. The van der Waals surface area contributed by atoms with Crippen molar-refractivity contribution in [2.75, 3.05) is 12.8 Å². The zero-order chi connectivity index (χ0) is 9.97. The Bertz CT molecular complexity index is 423. The molecule has 0 aliphatic rings. The number of H-pyrrole nitrogens is 1. The molecule has 2 rings (SSSR count). The Morgan fingerprint density at radius 1 is 1.43 bits per heavy atom. The highest BCUT2D eigenvalue weighted by Gasteiger charge is 2.05. The average molecular weight is 189 g/mol. The minimum Gasteiger partial charge on any atom is -0.497 e. The third kappa shape index (κ3) is 1.42. The number of aromatic nitrogens is 2. The molecular formula is C10H11N3O. The second-order valence-electron chi connectivity index (χ2n) is 2.89. The number of anilines is 1. The summed E-state index contributed by atoms with van der Waals surface area (Å²) >= 11 is 0. The second-order valence-corrected chi connectivity index (χ2v) is 2.89. The standard InChI is InChI=1S/C10H11N3O/c1-14-7-2-3-8(9(11)6-7)10-12-4-5-13-10/h2-6H,11H2,1H3,(H,12,13). The maximum atomic E-state index is 5.85. The van der Waals surface area contributed by atoms with E-state index in [4.69, 9.17) is 10.5 Å². The monoisotopic (exact) mass is 189 g/mol. The van der Waals surface area contributed by atoms with Gasteiger partial charge >= 0.3 is 0 Å². The van der Waals surface area contributed by atoms with Crippen LogP contribution in [0.5, 0.6) is 5.75 Å². The summed E-state index contributed by atoms with van der Waals surface area (Å²) in [4.78, 5) is 7.13. The van der Waals surface area contributed by atoms with E-state index in [-0.39, 0.29) is 0 Å². The predicted octanol–water partition coefficient (Wildman–Crippen LogP) is 1.67. The zero-order valence-electron chi connectivity index (χ0n) is 7.82. The number of nitrogen functional groups attached to an aromatic ring is 1. The van der Waals surface area contributed by atoms with Crippen molar-refractivity contribution in [3.63, 3.8) is 0 Å². The first-order valence-corrected chi connectivity index (χ1v) is 4.24. The van der Waals surface area contributed by atoms with Gasteiger partial charge in [-0.2, -0.15) is 0 Å². The summed E-state index contributed by atoms with van der Waals surface area (Å²) in [6.45, 7) is 0. The number of hydrogen-bond donors (Lipinski definition) is 2. The molecule has 1 aromatic carbocycles. The van der Waals surface area contributed by atoms with E-state index in [0.29, 0.717) is 5.69 Å². The normalized spacial score (nSPS) is 10.1. The molecule has 0 amide bonds. The van der Waals surface area contributed by atoms with Crippen LogP contribution in [0.25, 0.3) is 11.4 Å². The molecule has 0 fully saturated rings. The fourth-order valence-corrected chi connectivity index (χ4v) is 1.30. The van der Waals surface area contributed by atoms with Crippen molar-refractivity contribution < 1.29 is 4.74 Å². The Morgan fingerprint density at radius 2 is 2.29 bits per heavy atom. The van der Waals surface area contributed by atoms with Gasteiger partial charge in [-0.25, -0.2) is 4.98 Å². The molecule has 0 spiro atoms. The zero-order valence-corrected chi connectivity index (χ0v) is 7.82. The summed E-state index contributed by atoms with van der Waals surface area (Å²) in [6.07, 6.45) is 3.46. The molecule has 0 unspecified atom stereocenters. The summed E-state index contributed by atoms with van der Waals surface area (Å²) in [5, 5.41) is 0. The fourth-order valence-electron chi connectivity index (χ4n) is 1.30. The quantitative estimate of drug-likeness (QED) is 0.706. The number of ether oxygens (including phenoxy) is 1. The van der Waals surface area contributed by atoms with Crippen LogP contribution in [0.4, 0.5) is 5.69 Å². The highest BCUT2D eigenvalue weighted by Crippen LogP contribution is 2.26. The van der Waals surface area contributed by atoms with Crippen LogP contribution < -0.4 is 10.5 Å². The van der Waals surface area contributed by atoms with Crippen LogP contribution in [0.3, 0.4) is 0 Å². The third-order valence-corrected chi connectivity index (χ3v) is 2.01. The van der Waals surface area contributed by atoms with Gasteiger partial charge < -0.3 is 15.5 Å². The lowest BCUT2D eigenvalue weighted by Gasteiger charge is -2.05. The molecule has 2 aromatic rings. The lowest BCUT2D eigenvalue weighted by molar-refractivity contribution is 0.415. The van der Waals surface area contributed by atoms with Gasteiger partial charge in [-0.15, -0.1) is 0 Å². The minimum absolute atomic E-state index is 0.652. The van der Waals surface area contributed by atoms with E-state index < -0.39 is 0 Å². The molecule has 4 nitrogen and oxygen atoms in total. The number of aromatic amines is 1. The number of nitrogens with zero attached hydrogens (tertiary/aromatic N) is 1. The van der Waals surface area contributed by atoms with Crippen LogP contribution >= 0.6 is 0 Å². The second kappa shape index (κ2) is 3.41. The van der Waals surface area contributed by atoms with Crippen LogP contribution in [0, 0.1) is 0 Å². The summed E-state index contributed by atoms with van der Waals surface area (Å²) in [7, 11) is 1.61. The van der Waals surface area contributed by atoms with Crippen molar-refractivity contribution in [2.45, 2.75) is 0 Å². The Balaban J connectivity index is 2.46. The van der Waals surface area contributed by atoms with Crippen molar-refractivity contribution in [3.05, 3.63) is 30.6 Å². The Hall–Kier alpha value is -1.97. The average Bonchev–Trinajstić information content (AvgIpc) is 2.70. The van der Waals surface area contributed by atoms with E-state index in [1.807, 2.05) is 12.1 Å². The van der Waals surface area contributed by atoms with E-state index in [2.05, 4.69) is 9.97 Å². The SMILES string of the molecule is COc1ccc(-c2ncc[nH]2)c(N)c1. The molecule has 0 saturated carbocycles. The van der Waals surface area contributed by atoms with Gasteiger partial charge in [-0.3, -0.25) is 0 Å². The Kier molecular flexibility index (Phi) is 2.10. The van der Waals surface area contributed by atoms with Crippen LogP contribution in [-0.2, 0) is 0 Å². The maximum Gasteiger partial charge on any atom is 0.139 e. The largest absolute Gasteiger partial charge is 0.497 e. The van der Waals surface area contributed by atoms with Crippen molar-refractivity contribution in [3.8, 4) is 17.1 Å². The van der Waals surface area contributed by atoms with Crippen molar-refractivity contribution in [2.24, 2.45) is 0 Å². The van der Waals surface area contributed by atoms with Gasteiger partial charge in [0.05, 0.1) is 7.11 Å². The smallest absolute Gasteiger partial charge is 0.139 e. The molecule has 72 valence electrons. The van der Waals surface area contributed by atoms with Gasteiger partial charge in [0.15, 0.2) is 0 Å². The van der Waals surface area contributed by atoms with Gasteiger partial charge in [0.25, 0.3) is 0 Å². The number of nitrogens with one attached hydrogen (secondary N) is 1. The number of hydrogen-bond acceptors (Lipinski definition) is 3. The van der Waals surface area contributed by atoms with Crippen LogP contribution in [0.15, 0.2) is 30.6 Å². The number of rotatable bonds is 2. The van der Waals surface area contributed by atoms with Crippen molar-refractivity contribution in [1.82, 2.24) is 9.97 Å². The third-order valence-electron chi connectivity index (χ3n) is 2.01. The first-order chi connectivity index (χ1) is 6.81. The molecule has 0 aliphatic carbocycles. The predicted molar refractivity (Wildman–Crippen MR) is 55.0 cm³/mol. The van der Waals surface area contributed by atoms with Crippen molar-refractivity contribution >= 4 is 5.69 Å². The first-order valence-electron chi connectivity index (χ1n) is 4.24. The lowest BCUT2D eigenvalue weighted by atomic mass is 10.1. The molecule has 4 heteroatoms. The van der Waals surface area contributed by atoms with Crippen LogP contribution in [0.1, 0.15) is 0 Å². The molecule has 0 saturated heterocycles. The topological polar surface area (TPSA) is 63.9 Å². The molecule has 14 heavy (non-hydrogen) atoms. The Morgan fingerprint density at radius 3 is 2.86 bits per heavy atom. The molecule has 0 radical (unpaired) electrons. The number of nitrogens with two attached hydrogens (primary N) is 1. The van der Waals surface area contributed by atoms with E-state index >= 15 is 0 Å². The molecule has 1 heterocycles. The highest BCUT2D eigenvalue weighted by molar-refractivity contribution is 5.72. The van der Waals surface area contributed by atoms with E-state index in [9.17, 15) is 0 Å². The summed E-state index contributed by atoms with van der Waals surface area (Å²) in [6, 6.07) is 5.51. The summed E-state index contributed by atoms with van der Waals surface area (Å²) < 4.78 is 5.06. The molecule has 3 N–H and O–H groups in total. The van der Waals surface area contributed by atoms with Gasteiger partial charge in [0.2, 0.25) is 0 Å². The molecule has 0 aliphatic heterocycles. The van der Waals surface area contributed by atoms with E-state index in [1.165, 1.54) is 0 Å². The van der Waals surface area contributed by atoms with Gasteiger partial charge in [-0.1, -0.05) is 0 Å². The number of methoxy groups -OCH3 is 1. The van der Waals surface area contributed by atoms with E-state index in [1.54, 1.807) is 25.6 Å². The molecule has 1 aromatic heterocycles. The number of imidazole rings is 1. The molecule has 0 atom stereocenters. The summed E-state index contributed by atoms with van der Waals surface area (Å²) in [5.41, 5.74) is 7.39. The van der Waals surface area contributed by atoms with E-state index in [0.717, 1.165) is 17.1 Å². The molecular weight excluding hydrogens is 178 g/mol. The van der Waals surface area contributed by atoms with Gasteiger partial charge in [0, 0.05) is 29.7 Å². The molecule has 0 bridgehead atoms. The lowest BCUT2D eigenvalue weighted by Crippen LogP contribution is -1.92. The van der Waals surface area contributed by atoms with Crippen LogP contribution in [0.2, 0.25) is 0 Å². The highest BCUT2D eigenvalue weighted by atomic mass is 16.5. The first kappa shape index (κ1) is 8.62. The van der Waals surface area contributed by atoms with Gasteiger partial charge in [0.1, 0.15) is 11.6 Å². The van der Waals surface area contributed by atoms with Gasteiger partial charge in [-0.05, 0) is 12.1 Å². The van der Waals surface area contributed by atoms with Crippen molar-refractivity contribution in [1.29, 1.82) is 0 Å². The maximum absolute atomic E-state index is 5.85. The Labute approximate surface area is 81.7 Å².